The van der Waals surface area contributed by atoms with E-state index in [1.54, 1.807) is 32.9 Å². The summed E-state index contributed by atoms with van der Waals surface area (Å²) in [6, 6.07) is 5.68. The molecule has 7 heteroatoms. The highest BCUT2D eigenvalue weighted by molar-refractivity contribution is 7.89. The third-order valence-corrected chi connectivity index (χ3v) is 4.87. The quantitative estimate of drug-likeness (QED) is 0.716. The van der Waals surface area contributed by atoms with Gasteiger partial charge in [-0.1, -0.05) is 0 Å². The third kappa shape index (κ3) is 4.44. The molecule has 0 unspecified atom stereocenters. The molecule has 21 heavy (non-hydrogen) atoms. The van der Waals surface area contributed by atoms with Crippen LogP contribution in [0, 0.1) is 0 Å². The number of hydrogen-bond acceptors (Lipinski definition) is 5. The number of nitrogens with zero attached hydrogens (tertiary/aromatic N) is 1. The van der Waals surface area contributed by atoms with Gasteiger partial charge in [-0.15, -0.1) is 0 Å². The van der Waals surface area contributed by atoms with Gasteiger partial charge in [-0.3, -0.25) is 4.79 Å². The topological polar surface area (TPSA) is 72.9 Å². The summed E-state index contributed by atoms with van der Waals surface area (Å²) < 4.78 is 36.1. The normalized spacial score (nSPS) is 11.7. The SMILES string of the molecule is CCOC(=O)CN(C(C)C)S(=O)(=O)c1ccc(OC)cc1. The Kier molecular flexibility index (Phi) is 6.17. The Balaban J connectivity index is 3.06. The van der Waals surface area contributed by atoms with Crippen LogP contribution in [0.3, 0.4) is 0 Å². The first kappa shape index (κ1) is 17.5. The van der Waals surface area contributed by atoms with E-state index in [1.807, 2.05) is 0 Å². The van der Waals surface area contributed by atoms with Gasteiger partial charge in [0.15, 0.2) is 0 Å². The summed E-state index contributed by atoms with van der Waals surface area (Å²) in [4.78, 5) is 11.7. The van der Waals surface area contributed by atoms with Crippen molar-refractivity contribution in [3.63, 3.8) is 0 Å². The molecule has 0 N–H and O–H groups in total. The minimum Gasteiger partial charge on any atom is -0.497 e. The number of hydrogen-bond donors (Lipinski definition) is 0. The molecule has 0 heterocycles. The molecule has 1 rings (SSSR count). The number of rotatable bonds is 7. The summed E-state index contributed by atoms with van der Waals surface area (Å²) in [7, 11) is -2.26. The summed E-state index contributed by atoms with van der Waals surface area (Å²) in [5, 5.41) is 0. The van der Waals surface area contributed by atoms with Gasteiger partial charge in [0.2, 0.25) is 10.0 Å². The van der Waals surface area contributed by atoms with E-state index in [4.69, 9.17) is 9.47 Å². The Hall–Kier alpha value is -1.60. The lowest BCUT2D eigenvalue weighted by Gasteiger charge is -2.24. The average Bonchev–Trinajstić information content (AvgIpc) is 2.44. The van der Waals surface area contributed by atoms with E-state index < -0.39 is 16.0 Å². The highest BCUT2D eigenvalue weighted by atomic mass is 32.2. The lowest BCUT2D eigenvalue weighted by molar-refractivity contribution is -0.143. The second-order valence-electron chi connectivity index (χ2n) is 4.62. The van der Waals surface area contributed by atoms with Crippen LogP contribution in [0.5, 0.6) is 5.75 Å². The van der Waals surface area contributed by atoms with Crippen molar-refractivity contribution in [1.82, 2.24) is 4.31 Å². The second kappa shape index (κ2) is 7.42. The van der Waals surface area contributed by atoms with E-state index in [0.717, 1.165) is 4.31 Å². The maximum Gasteiger partial charge on any atom is 0.321 e. The summed E-state index contributed by atoms with van der Waals surface area (Å²) in [6.07, 6.45) is 0. The number of sulfonamides is 1. The first-order chi connectivity index (χ1) is 9.82. The van der Waals surface area contributed by atoms with E-state index in [0.29, 0.717) is 5.75 Å². The predicted molar refractivity (Wildman–Crippen MR) is 78.7 cm³/mol. The number of carbonyl (C=O) groups is 1. The lowest BCUT2D eigenvalue weighted by Crippen LogP contribution is -2.41. The molecule has 0 bridgehead atoms. The average molecular weight is 315 g/mol. The summed E-state index contributed by atoms with van der Waals surface area (Å²) in [6.45, 7) is 5.00. The molecule has 0 amide bonds. The standard InChI is InChI=1S/C14H21NO5S/c1-5-20-14(16)10-15(11(2)3)21(17,18)13-8-6-12(19-4)7-9-13/h6-9,11H,5,10H2,1-4H3. The van der Waals surface area contributed by atoms with Crippen molar-refractivity contribution >= 4 is 16.0 Å². The Morgan fingerprint density at radius 3 is 2.24 bits per heavy atom. The maximum atomic E-state index is 12.6. The number of benzene rings is 1. The van der Waals surface area contributed by atoms with Crippen molar-refractivity contribution in [3.05, 3.63) is 24.3 Å². The van der Waals surface area contributed by atoms with Gasteiger partial charge >= 0.3 is 5.97 Å². The molecule has 0 spiro atoms. The minimum atomic E-state index is -3.76. The van der Waals surface area contributed by atoms with E-state index in [-0.39, 0.29) is 24.1 Å². The van der Waals surface area contributed by atoms with Gasteiger partial charge in [0.1, 0.15) is 12.3 Å². The van der Waals surface area contributed by atoms with Crippen LogP contribution < -0.4 is 4.74 Å². The fourth-order valence-corrected chi connectivity index (χ4v) is 3.34. The van der Waals surface area contributed by atoms with Crippen LogP contribution in [0.25, 0.3) is 0 Å². The zero-order valence-corrected chi connectivity index (χ0v) is 13.5. The molecule has 0 saturated heterocycles. The largest absolute Gasteiger partial charge is 0.497 e. The fraction of sp³-hybridized carbons (Fsp3) is 0.500. The lowest BCUT2D eigenvalue weighted by atomic mass is 10.3. The molecule has 0 aliphatic carbocycles. The summed E-state index contributed by atoms with van der Waals surface area (Å²) in [5.41, 5.74) is 0. The maximum absolute atomic E-state index is 12.6. The van der Waals surface area contributed by atoms with E-state index in [1.165, 1.54) is 19.2 Å². The highest BCUT2D eigenvalue weighted by Gasteiger charge is 2.29. The summed E-state index contributed by atoms with van der Waals surface area (Å²) >= 11 is 0. The van der Waals surface area contributed by atoms with Gasteiger partial charge in [-0.2, -0.15) is 4.31 Å². The molecule has 0 aliphatic heterocycles. The molecule has 1 aromatic carbocycles. The van der Waals surface area contributed by atoms with Gasteiger partial charge in [-0.25, -0.2) is 8.42 Å². The Morgan fingerprint density at radius 1 is 1.24 bits per heavy atom. The van der Waals surface area contributed by atoms with Crippen molar-refractivity contribution < 1.29 is 22.7 Å². The van der Waals surface area contributed by atoms with Crippen LogP contribution in [0.15, 0.2) is 29.2 Å². The van der Waals surface area contributed by atoms with E-state index in [2.05, 4.69) is 0 Å². The Labute approximate surface area is 125 Å². The molecule has 0 aromatic heterocycles. The van der Waals surface area contributed by atoms with Crippen molar-refractivity contribution in [2.75, 3.05) is 20.3 Å². The van der Waals surface area contributed by atoms with Crippen LogP contribution in [0.2, 0.25) is 0 Å². The molecule has 0 aliphatic rings. The monoisotopic (exact) mass is 315 g/mol. The molecule has 1 aromatic rings. The van der Waals surface area contributed by atoms with Gasteiger partial charge in [0.05, 0.1) is 18.6 Å². The number of esters is 1. The van der Waals surface area contributed by atoms with Crippen LogP contribution in [-0.4, -0.2) is 45.0 Å². The van der Waals surface area contributed by atoms with Crippen molar-refractivity contribution in [1.29, 1.82) is 0 Å². The summed E-state index contributed by atoms with van der Waals surface area (Å²) in [5.74, 6) is -0.00118. The predicted octanol–water partition coefficient (Wildman–Crippen LogP) is 1.66. The van der Waals surface area contributed by atoms with Crippen molar-refractivity contribution in [3.8, 4) is 5.75 Å². The zero-order valence-electron chi connectivity index (χ0n) is 12.7. The molecule has 0 atom stereocenters. The second-order valence-corrected chi connectivity index (χ2v) is 6.52. The third-order valence-electron chi connectivity index (χ3n) is 2.83. The van der Waals surface area contributed by atoms with Crippen molar-refractivity contribution in [2.45, 2.75) is 31.7 Å². The van der Waals surface area contributed by atoms with E-state index in [9.17, 15) is 13.2 Å². The minimum absolute atomic E-state index is 0.112. The van der Waals surface area contributed by atoms with Gasteiger partial charge in [0.25, 0.3) is 0 Å². The zero-order chi connectivity index (χ0) is 16.0. The fourth-order valence-electron chi connectivity index (χ4n) is 1.76. The van der Waals surface area contributed by atoms with Gasteiger partial charge < -0.3 is 9.47 Å². The molecule has 0 fully saturated rings. The van der Waals surface area contributed by atoms with Crippen LogP contribution in [0.4, 0.5) is 0 Å². The molecular weight excluding hydrogens is 294 g/mol. The first-order valence-corrected chi connectivity index (χ1v) is 8.08. The van der Waals surface area contributed by atoms with Crippen molar-refractivity contribution in [2.24, 2.45) is 0 Å². The number of methoxy groups -OCH3 is 1. The Bertz CT molecular complexity index is 566. The number of ether oxygens (including phenoxy) is 2. The smallest absolute Gasteiger partial charge is 0.321 e. The van der Waals surface area contributed by atoms with Gasteiger partial charge in [0, 0.05) is 6.04 Å². The first-order valence-electron chi connectivity index (χ1n) is 6.64. The van der Waals surface area contributed by atoms with Crippen LogP contribution >= 0.6 is 0 Å². The number of carbonyl (C=O) groups excluding carboxylic acids is 1. The highest BCUT2D eigenvalue weighted by Crippen LogP contribution is 2.21. The molecule has 118 valence electrons. The Morgan fingerprint density at radius 2 is 1.81 bits per heavy atom. The molecule has 0 radical (unpaired) electrons. The molecule has 0 saturated carbocycles. The molecular formula is C14H21NO5S. The van der Waals surface area contributed by atoms with Crippen LogP contribution in [-0.2, 0) is 19.6 Å². The van der Waals surface area contributed by atoms with Gasteiger partial charge in [-0.05, 0) is 45.0 Å². The molecule has 6 nitrogen and oxygen atoms in total. The van der Waals surface area contributed by atoms with E-state index >= 15 is 0 Å². The van der Waals surface area contributed by atoms with Crippen LogP contribution in [0.1, 0.15) is 20.8 Å².